The molecule has 3 rings (SSSR count). The van der Waals surface area contributed by atoms with Gasteiger partial charge in [0.05, 0.1) is 0 Å². The van der Waals surface area contributed by atoms with Gasteiger partial charge in [-0.05, 0) is 62.4 Å². The topological polar surface area (TPSA) is 96.3 Å². The third kappa shape index (κ3) is 5.84. The van der Waals surface area contributed by atoms with Gasteiger partial charge in [0.2, 0.25) is 0 Å². The van der Waals surface area contributed by atoms with E-state index in [0.717, 1.165) is 11.1 Å². The summed E-state index contributed by atoms with van der Waals surface area (Å²) in [5, 5.41) is 12.2. The molecule has 0 aliphatic carbocycles. The Morgan fingerprint density at radius 2 is 1.59 bits per heavy atom. The summed E-state index contributed by atoms with van der Waals surface area (Å²) in [7, 11) is -4.11. The van der Waals surface area contributed by atoms with Crippen LogP contribution in [0.25, 0.3) is 6.08 Å². The molecule has 8 heteroatoms. The van der Waals surface area contributed by atoms with Crippen molar-refractivity contribution in [2.24, 2.45) is 0 Å². The number of aryl methyl sites for hydroxylation is 2. The third-order valence-corrected chi connectivity index (χ3v) is 6.20. The number of nitriles is 1. The lowest BCUT2D eigenvalue weighted by atomic mass is 10.1. The lowest BCUT2D eigenvalue weighted by Gasteiger charge is -2.11. The fourth-order valence-corrected chi connectivity index (χ4v) is 4.05. The van der Waals surface area contributed by atoms with E-state index < -0.39 is 16.0 Å². The number of halogens is 1. The van der Waals surface area contributed by atoms with Crippen molar-refractivity contribution in [2.75, 3.05) is 5.32 Å². The number of nitrogens with zero attached hydrogens (tertiary/aromatic N) is 1. The zero-order chi connectivity index (χ0) is 23.3. The van der Waals surface area contributed by atoms with Gasteiger partial charge in [0, 0.05) is 15.7 Å². The van der Waals surface area contributed by atoms with Crippen molar-refractivity contribution in [3.05, 3.63) is 93.5 Å². The van der Waals surface area contributed by atoms with Crippen molar-refractivity contribution in [2.45, 2.75) is 18.7 Å². The first-order chi connectivity index (χ1) is 15.2. The first kappa shape index (κ1) is 23.3. The second kappa shape index (κ2) is 9.81. The van der Waals surface area contributed by atoms with Crippen LogP contribution in [0.5, 0.6) is 5.75 Å². The van der Waals surface area contributed by atoms with Crippen LogP contribution in [0.3, 0.4) is 0 Å². The van der Waals surface area contributed by atoms with E-state index in [9.17, 15) is 18.5 Å². The molecule has 0 bridgehead atoms. The number of rotatable bonds is 6. The Labute approximate surface area is 195 Å². The molecule has 32 heavy (non-hydrogen) atoms. The number of hydrogen-bond donors (Lipinski definition) is 1. The van der Waals surface area contributed by atoms with E-state index >= 15 is 0 Å². The summed E-state index contributed by atoms with van der Waals surface area (Å²) in [5.74, 6) is -0.631. The van der Waals surface area contributed by atoms with Crippen LogP contribution >= 0.6 is 15.9 Å². The highest BCUT2D eigenvalue weighted by Gasteiger charge is 2.19. The third-order valence-electron chi connectivity index (χ3n) is 4.46. The van der Waals surface area contributed by atoms with Gasteiger partial charge in [0.25, 0.3) is 5.91 Å². The number of carbonyl (C=O) groups excluding carboxylic acids is 1. The molecule has 3 aromatic rings. The Morgan fingerprint density at radius 3 is 2.19 bits per heavy atom. The van der Waals surface area contributed by atoms with Gasteiger partial charge in [0.1, 0.15) is 22.3 Å². The van der Waals surface area contributed by atoms with Crippen LogP contribution in [-0.2, 0) is 14.9 Å². The summed E-state index contributed by atoms with van der Waals surface area (Å²) >= 11 is 3.32. The number of carbonyl (C=O) groups is 1. The zero-order valence-corrected chi connectivity index (χ0v) is 19.7. The molecule has 1 N–H and O–H groups in total. The van der Waals surface area contributed by atoms with Crippen LogP contribution in [0, 0.1) is 25.2 Å². The summed E-state index contributed by atoms with van der Waals surface area (Å²) in [4.78, 5) is 12.6. The van der Waals surface area contributed by atoms with E-state index in [-0.39, 0.29) is 21.8 Å². The van der Waals surface area contributed by atoms with Gasteiger partial charge in [-0.3, -0.25) is 4.79 Å². The van der Waals surface area contributed by atoms with Gasteiger partial charge in [0.15, 0.2) is 0 Å². The van der Waals surface area contributed by atoms with Crippen molar-refractivity contribution >= 4 is 43.7 Å². The highest BCUT2D eigenvalue weighted by atomic mass is 79.9. The number of hydrogen-bond acceptors (Lipinski definition) is 5. The Kier molecular flexibility index (Phi) is 7.13. The molecule has 1 amide bonds. The normalized spacial score (nSPS) is 11.5. The summed E-state index contributed by atoms with van der Waals surface area (Å²) in [6.07, 6.45) is 1.29. The molecule has 0 spiro atoms. The van der Waals surface area contributed by atoms with Crippen molar-refractivity contribution < 1.29 is 17.4 Å². The first-order valence-electron chi connectivity index (χ1n) is 9.48. The van der Waals surface area contributed by atoms with Crippen LogP contribution in [0.4, 0.5) is 5.69 Å². The molecule has 0 aliphatic heterocycles. The van der Waals surface area contributed by atoms with Crippen molar-refractivity contribution in [1.82, 2.24) is 0 Å². The maximum absolute atomic E-state index is 12.7. The van der Waals surface area contributed by atoms with Crippen LogP contribution in [0.15, 0.2) is 81.7 Å². The molecule has 0 fully saturated rings. The van der Waals surface area contributed by atoms with Crippen molar-refractivity contribution in [3.8, 4) is 11.8 Å². The van der Waals surface area contributed by atoms with Gasteiger partial charge >= 0.3 is 10.1 Å². The average Bonchev–Trinajstić information content (AvgIpc) is 2.75. The predicted octanol–water partition coefficient (Wildman–Crippen LogP) is 5.38. The largest absolute Gasteiger partial charge is 0.378 e. The highest BCUT2D eigenvalue weighted by Crippen LogP contribution is 2.29. The maximum atomic E-state index is 12.7. The molecule has 0 aromatic heterocycles. The molecule has 162 valence electrons. The predicted molar refractivity (Wildman–Crippen MR) is 127 cm³/mol. The van der Waals surface area contributed by atoms with E-state index in [2.05, 4.69) is 21.2 Å². The molecular formula is C24H19BrN2O4S. The van der Waals surface area contributed by atoms with E-state index in [1.165, 1.54) is 24.3 Å². The van der Waals surface area contributed by atoms with Crippen LogP contribution in [0.1, 0.15) is 16.7 Å². The average molecular weight is 511 g/mol. The van der Waals surface area contributed by atoms with Crippen LogP contribution in [-0.4, -0.2) is 14.3 Å². The number of benzene rings is 3. The van der Waals surface area contributed by atoms with Gasteiger partial charge in [-0.2, -0.15) is 13.7 Å². The van der Waals surface area contributed by atoms with E-state index in [1.54, 1.807) is 36.4 Å². The van der Waals surface area contributed by atoms with Crippen LogP contribution < -0.4 is 9.50 Å². The molecule has 6 nitrogen and oxygen atoms in total. The van der Waals surface area contributed by atoms with Crippen LogP contribution in [0.2, 0.25) is 0 Å². The van der Waals surface area contributed by atoms with Gasteiger partial charge in [-0.1, -0.05) is 51.3 Å². The van der Waals surface area contributed by atoms with E-state index in [4.69, 9.17) is 4.18 Å². The standard InChI is InChI=1S/C24H19BrN2O4S/c1-16-3-8-21(9-4-16)27-24(28)19(15-26)13-18-14-20(25)7-12-23(18)31-32(29,30)22-10-5-17(2)6-11-22/h3-14H,1-2H3,(H,27,28)/b19-13-. The lowest BCUT2D eigenvalue weighted by molar-refractivity contribution is -0.112. The minimum Gasteiger partial charge on any atom is -0.378 e. The van der Waals surface area contributed by atoms with Crippen molar-refractivity contribution in [3.63, 3.8) is 0 Å². The van der Waals surface area contributed by atoms with Gasteiger partial charge in [-0.15, -0.1) is 0 Å². The van der Waals surface area contributed by atoms with Gasteiger partial charge in [-0.25, -0.2) is 0 Å². The summed E-state index contributed by atoms with van der Waals surface area (Å²) in [6.45, 7) is 3.77. The molecular weight excluding hydrogens is 492 g/mol. The molecule has 0 aliphatic rings. The van der Waals surface area contributed by atoms with E-state index in [1.807, 2.05) is 32.0 Å². The van der Waals surface area contributed by atoms with Gasteiger partial charge < -0.3 is 9.50 Å². The molecule has 0 unspecified atom stereocenters. The number of anilines is 1. The summed E-state index contributed by atoms with van der Waals surface area (Å²) < 4.78 is 31.4. The quantitative estimate of drug-likeness (QED) is 0.272. The van der Waals surface area contributed by atoms with E-state index in [0.29, 0.717) is 10.2 Å². The second-order valence-electron chi connectivity index (χ2n) is 7.02. The fraction of sp³-hybridized carbons (Fsp3) is 0.0833. The minimum absolute atomic E-state index is 0.00132. The molecule has 0 saturated carbocycles. The SMILES string of the molecule is Cc1ccc(NC(=O)/C(C#N)=C\c2cc(Br)ccc2OS(=O)(=O)c2ccc(C)cc2)cc1. The fourth-order valence-electron chi connectivity index (χ4n) is 2.72. The summed E-state index contributed by atoms with van der Waals surface area (Å²) in [6, 6.07) is 19.8. The Balaban J connectivity index is 1.93. The monoisotopic (exact) mass is 510 g/mol. The molecule has 0 radical (unpaired) electrons. The molecule has 0 saturated heterocycles. The Hall–Kier alpha value is -3.41. The first-order valence-corrected chi connectivity index (χ1v) is 11.7. The molecule has 0 atom stereocenters. The molecule has 0 heterocycles. The smallest absolute Gasteiger partial charge is 0.339 e. The molecule has 3 aromatic carbocycles. The van der Waals surface area contributed by atoms with Crippen molar-refractivity contribution in [1.29, 1.82) is 5.26 Å². The highest BCUT2D eigenvalue weighted by molar-refractivity contribution is 9.10. The zero-order valence-electron chi connectivity index (χ0n) is 17.3. The maximum Gasteiger partial charge on any atom is 0.339 e. The number of amides is 1. The Morgan fingerprint density at radius 1 is 1.00 bits per heavy atom. The minimum atomic E-state index is -4.11. The number of nitrogens with one attached hydrogen (secondary N) is 1. The summed E-state index contributed by atoms with van der Waals surface area (Å²) in [5.41, 5.74) is 2.53. The lowest BCUT2D eigenvalue weighted by Crippen LogP contribution is -2.14. The second-order valence-corrected chi connectivity index (χ2v) is 9.48. The Bertz CT molecular complexity index is 1320.